The highest BCUT2D eigenvalue weighted by molar-refractivity contribution is 5.73. The number of nitrogens with zero attached hydrogens (tertiary/aromatic N) is 2. The SMILES string of the molecule is CCCC(C)(CC)c1cnc2ccccc2n1. The van der Waals surface area contributed by atoms with Crippen LogP contribution in [0.4, 0.5) is 0 Å². The molecule has 1 heterocycles. The van der Waals surface area contributed by atoms with Gasteiger partial charge in [-0.15, -0.1) is 0 Å². The molecular weight excluding hydrogens is 208 g/mol. The van der Waals surface area contributed by atoms with Crippen LogP contribution in [0.1, 0.15) is 45.7 Å². The molecule has 2 aromatic rings. The summed E-state index contributed by atoms with van der Waals surface area (Å²) in [5.41, 5.74) is 3.26. The lowest BCUT2D eigenvalue weighted by molar-refractivity contribution is 0.402. The van der Waals surface area contributed by atoms with Crippen molar-refractivity contribution in [3.05, 3.63) is 36.2 Å². The Hall–Kier alpha value is -1.44. The summed E-state index contributed by atoms with van der Waals surface area (Å²) >= 11 is 0. The Morgan fingerprint density at radius 2 is 1.82 bits per heavy atom. The smallest absolute Gasteiger partial charge is 0.0890 e. The number of aromatic nitrogens is 2. The number of benzene rings is 1. The van der Waals surface area contributed by atoms with Crippen LogP contribution >= 0.6 is 0 Å². The molecule has 0 bridgehead atoms. The Morgan fingerprint density at radius 1 is 1.12 bits per heavy atom. The van der Waals surface area contributed by atoms with E-state index in [2.05, 4.69) is 25.8 Å². The van der Waals surface area contributed by atoms with E-state index in [1.54, 1.807) is 0 Å². The van der Waals surface area contributed by atoms with Crippen molar-refractivity contribution < 1.29 is 0 Å². The van der Waals surface area contributed by atoms with Crippen LogP contribution in [0.5, 0.6) is 0 Å². The molecule has 2 nitrogen and oxygen atoms in total. The fraction of sp³-hybridized carbons (Fsp3) is 0.467. The van der Waals surface area contributed by atoms with Crippen molar-refractivity contribution in [3.63, 3.8) is 0 Å². The number of para-hydroxylation sites is 2. The van der Waals surface area contributed by atoms with E-state index < -0.39 is 0 Å². The van der Waals surface area contributed by atoms with E-state index in [9.17, 15) is 0 Å². The second kappa shape index (κ2) is 4.82. The van der Waals surface area contributed by atoms with E-state index in [-0.39, 0.29) is 5.41 Å². The summed E-state index contributed by atoms with van der Waals surface area (Å²) in [4.78, 5) is 9.29. The molecule has 0 aliphatic heterocycles. The van der Waals surface area contributed by atoms with Crippen molar-refractivity contribution in [1.29, 1.82) is 0 Å². The second-order valence-electron chi connectivity index (χ2n) is 4.91. The van der Waals surface area contributed by atoms with Gasteiger partial charge in [-0.2, -0.15) is 0 Å². The molecule has 2 rings (SSSR count). The first-order valence-corrected chi connectivity index (χ1v) is 6.42. The molecule has 0 spiro atoms. The van der Waals surface area contributed by atoms with Gasteiger partial charge in [-0.1, -0.05) is 39.3 Å². The van der Waals surface area contributed by atoms with Crippen molar-refractivity contribution in [1.82, 2.24) is 9.97 Å². The molecule has 0 amide bonds. The number of fused-ring (bicyclic) bond motifs is 1. The third kappa shape index (κ3) is 2.31. The van der Waals surface area contributed by atoms with Gasteiger partial charge in [0.1, 0.15) is 0 Å². The van der Waals surface area contributed by atoms with Crippen LogP contribution in [0.15, 0.2) is 30.5 Å². The molecule has 17 heavy (non-hydrogen) atoms. The molecule has 0 radical (unpaired) electrons. The zero-order valence-corrected chi connectivity index (χ0v) is 10.9. The van der Waals surface area contributed by atoms with Crippen molar-refractivity contribution in [2.24, 2.45) is 0 Å². The summed E-state index contributed by atoms with van der Waals surface area (Å²) in [6.07, 6.45) is 5.39. The van der Waals surface area contributed by atoms with Crippen LogP contribution in [-0.4, -0.2) is 9.97 Å². The highest BCUT2D eigenvalue weighted by Gasteiger charge is 2.25. The van der Waals surface area contributed by atoms with E-state index >= 15 is 0 Å². The summed E-state index contributed by atoms with van der Waals surface area (Å²) in [5, 5.41) is 0. The fourth-order valence-electron chi connectivity index (χ4n) is 2.29. The van der Waals surface area contributed by atoms with Crippen molar-refractivity contribution in [3.8, 4) is 0 Å². The van der Waals surface area contributed by atoms with Crippen LogP contribution < -0.4 is 0 Å². The third-order valence-corrected chi connectivity index (χ3v) is 3.65. The standard InChI is InChI=1S/C15H20N2/c1-4-10-15(3,5-2)14-11-16-12-8-6-7-9-13(12)17-14/h6-9,11H,4-5,10H2,1-3H3. The van der Waals surface area contributed by atoms with E-state index in [0.717, 1.165) is 29.6 Å². The molecule has 0 saturated heterocycles. The Labute approximate surface area is 103 Å². The largest absolute Gasteiger partial charge is 0.253 e. The van der Waals surface area contributed by atoms with Gasteiger partial charge in [0.25, 0.3) is 0 Å². The Balaban J connectivity index is 2.47. The fourth-order valence-corrected chi connectivity index (χ4v) is 2.29. The lowest BCUT2D eigenvalue weighted by Gasteiger charge is -2.27. The second-order valence-corrected chi connectivity index (χ2v) is 4.91. The summed E-state index contributed by atoms with van der Waals surface area (Å²) in [5.74, 6) is 0. The topological polar surface area (TPSA) is 25.8 Å². The summed E-state index contributed by atoms with van der Waals surface area (Å²) in [6, 6.07) is 8.06. The minimum absolute atomic E-state index is 0.159. The maximum Gasteiger partial charge on any atom is 0.0890 e. The normalized spacial score (nSPS) is 14.8. The first-order chi connectivity index (χ1) is 8.19. The zero-order chi connectivity index (χ0) is 12.3. The molecule has 1 atom stereocenters. The molecule has 2 heteroatoms. The molecule has 1 aromatic heterocycles. The first-order valence-electron chi connectivity index (χ1n) is 6.42. The molecule has 0 aliphatic carbocycles. The van der Waals surface area contributed by atoms with Crippen molar-refractivity contribution >= 4 is 11.0 Å². The molecule has 1 unspecified atom stereocenters. The van der Waals surface area contributed by atoms with E-state index in [0.29, 0.717) is 0 Å². The van der Waals surface area contributed by atoms with Gasteiger partial charge < -0.3 is 0 Å². The van der Waals surface area contributed by atoms with Gasteiger partial charge in [0.05, 0.1) is 16.7 Å². The Kier molecular flexibility index (Phi) is 3.41. The summed E-state index contributed by atoms with van der Waals surface area (Å²) in [6.45, 7) is 6.74. The average molecular weight is 228 g/mol. The van der Waals surface area contributed by atoms with Gasteiger partial charge in [0, 0.05) is 11.6 Å². The van der Waals surface area contributed by atoms with Crippen LogP contribution in [-0.2, 0) is 5.41 Å². The van der Waals surface area contributed by atoms with Crippen molar-refractivity contribution in [2.75, 3.05) is 0 Å². The quantitative estimate of drug-likeness (QED) is 0.787. The first kappa shape index (κ1) is 12.0. The predicted molar refractivity (Wildman–Crippen MR) is 72.1 cm³/mol. The summed E-state index contributed by atoms with van der Waals surface area (Å²) in [7, 11) is 0. The third-order valence-electron chi connectivity index (χ3n) is 3.65. The minimum atomic E-state index is 0.159. The number of hydrogen-bond acceptors (Lipinski definition) is 2. The van der Waals surface area contributed by atoms with Crippen LogP contribution in [0, 0.1) is 0 Å². The molecule has 0 saturated carbocycles. The maximum absolute atomic E-state index is 4.77. The highest BCUT2D eigenvalue weighted by Crippen LogP contribution is 2.31. The lowest BCUT2D eigenvalue weighted by Crippen LogP contribution is -2.22. The van der Waals surface area contributed by atoms with Gasteiger partial charge in [-0.25, -0.2) is 4.98 Å². The van der Waals surface area contributed by atoms with Crippen LogP contribution in [0.25, 0.3) is 11.0 Å². The van der Waals surface area contributed by atoms with Crippen LogP contribution in [0.2, 0.25) is 0 Å². The number of rotatable bonds is 4. The summed E-state index contributed by atoms with van der Waals surface area (Å²) < 4.78 is 0. The average Bonchev–Trinajstić information content (AvgIpc) is 2.38. The van der Waals surface area contributed by atoms with Gasteiger partial charge in [0.2, 0.25) is 0 Å². The van der Waals surface area contributed by atoms with Gasteiger partial charge >= 0.3 is 0 Å². The van der Waals surface area contributed by atoms with E-state index in [1.165, 1.54) is 6.42 Å². The van der Waals surface area contributed by atoms with Gasteiger partial charge in [0.15, 0.2) is 0 Å². The van der Waals surface area contributed by atoms with E-state index in [1.807, 2.05) is 30.5 Å². The van der Waals surface area contributed by atoms with E-state index in [4.69, 9.17) is 4.98 Å². The van der Waals surface area contributed by atoms with Gasteiger partial charge in [-0.3, -0.25) is 4.98 Å². The van der Waals surface area contributed by atoms with Gasteiger partial charge in [-0.05, 0) is 25.0 Å². The predicted octanol–water partition coefficient (Wildman–Crippen LogP) is 4.10. The molecule has 0 aliphatic rings. The molecule has 0 fully saturated rings. The molecular formula is C15H20N2. The molecule has 90 valence electrons. The van der Waals surface area contributed by atoms with Crippen LogP contribution in [0.3, 0.4) is 0 Å². The number of hydrogen-bond donors (Lipinski definition) is 0. The Bertz CT molecular complexity index is 507. The minimum Gasteiger partial charge on any atom is -0.253 e. The Morgan fingerprint density at radius 3 is 2.47 bits per heavy atom. The van der Waals surface area contributed by atoms with Crippen molar-refractivity contribution in [2.45, 2.75) is 45.4 Å². The maximum atomic E-state index is 4.77. The monoisotopic (exact) mass is 228 g/mol. The highest BCUT2D eigenvalue weighted by atomic mass is 14.8. The molecule has 1 aromatic carbocycles. The molecule has 0 N–H and O–H groups in total. The zero-order valence-electron chi connectivity index (χ0n) is 10.9. The lowest BCUT2D eigenvalue weighted by atomic mass is 9.80.